The van der Waals surface area contributed by atoms with Gasteiger partial charge in [0.15, 0.2) is 0 Å². The molecule has 0 aromatic rings. The minimum absolute atomic E-state index is 0.0493. The van der Waals surface area contributed by atoms with E-state index in [0.29, 0.717) is 25.7 Å². The highest BCUT2D eigenvalue weighted by Gasteiger charge is 2.10. The van der Waals surface area contributed by atoms with Gasteiger partial charge in [0, 0.05) is 19.1 Å². The van der Waals surface area contributed by atoms with E-state index in [-0.39, 0.29) is 5.91 Å². The van der Waals surface area contributed by atoms with E-state index in [1.807, 2.05) is 11.9 Å². The van der Waals surface area contributed by atoms with Crippen LogP contribution >= 0.6 is 0 Å². The number of carbonyl (C=O) groups is 1. The van der Waals surface area contributed by atoms with E-state index in [1.165, 1.54) is 0 Å². The Hall–Kier alpha value is -0.610. The molecule has 0 aliphatic heterocycles. The average Bonchev–Trinajstić information content (AvgIpc) is 2.13. The van der Waals surface area contributed by atoms with E-state index < -0.39 is 0 Å². The van der Waals surface area contributed by atoms with Crippen molar-refractivity contribution < 1.29 is 4.79 Å². The molecule has 4 heteroatoms. The van der Waals surface area contributed by atoms with Crippen molar-refractivity contribution in [3.8, 4) is 0 Å². The number of rotatable bonds is 6. The van der Waals surface area contributed by atoms with Gasteiger partial charge in [0.2, 0.25) is 5.91 Å². The third-order valence-electron chi connectivity index (χ3n) is 2.20. The summed E-state index contributed by atoms with van der Waals surface area (Å²) in [6, 6.07) is 0.448. The maximum atomic E-state index is 11.2. The van der Waals surface area contributed by atoms with Crippen LogP contribution in [-0.2, 0) is 4.79 Å². The number of hydrogen-bond acceptors (Lipinski definition) is 3. The van der Waals surface area contributed by atoms with E-state index in [1.54, 1.807) is 0 Å². The van der Waals surface area contributed by atoms with Gasteiger partial charge in [-0.15, -0.1) is 0 Å². The van der Waals surface area contributed by atoms with Crippen LogP contribution < -0.4 is 11.1 Å². The number of carbonyl (C=O) groups excluding carboxylic acids is 1. The molecule has 4 nitrogen and oxygen atoms in total. The fourth-order valence-corrected chi connectivity index (χ4v) is 0.962. The molecule has 1 unspecified atom stereocenters. The molecule has 0 radical (unpaired) electrons. The fraction of sp³-hybridized carbons (Fsp3) is 0.889. The molecule has 0 aromatic carbocycles. The van der Waals surface area contributed by atoms with Crippen LogP contribution in [0, 0.1) is 0 Å². The molecule has 78 valence electrons. The van der Waals surface area contributed by atoms with Gasteiger partial charge in [-0.05, 0) is 20.4 Å². The van der Waals surface area contributed by atoms with Crippen molar-refractivity contribution in [2.75, 3.05) is 26.7 Å². The topological polar surface area (TPSA) is 58.4 Å². The average molecular weight is 187 g/mol. The van der Waals surface area contributed by atoms with Crippen LogP contribution in [0.4, 0.5) is 0 Å². The zero-order valence-corrected chi connectivity index (χ0v) is 8.84. The minimum atomic E-state index is 0.0493. The third kappa shape index (κ3) is 5.60. The molecule has 0 heterocycles. The number of amides is 1. The zero-order chi connectivity index (χ0) is 10.3. The zero-order valence-electron chi connectivity index (χ0n) is 8.84. The Morgan fingerprint density at radius 3 is 2.69 bits per heavy atom. The first-order valence-electron chi connectivity index (χ1n) is 4.78. The van der Waals surface area contributed by atoms with Gasteiger partial charge in [0.05, 0.1) is 6.54 Å². The predicted octanol–water partition coefficient (Wildman–Crippen LogP) is -0.208. The Kier molecular flexibility index (Phi) is 6.54. The molecule has 3 N–H and O–H groups in total. The summed E-state index contributed by atoms with van der Waals surface area (Å²) in [5.41, 5.74) is 5.27. The standard InChI is InChI=1S/C9H21N3O/c1-4-8(2)12(3)7-9(13)11-6-5-10/h8H,4-7,10H2,1-3H3,(H,11,13). The minimum Gasteiger partial charge on any atom is -0.354 e. The fourth-order valence-electron chi connectivity index (χ4n) is 0.962. The highest BCUT2D eigenvalue weighted by Crippen LogP contribution is 1.98. The van der Waals surface area contributed by atoms with Gasteiger partial charge in [0.25, 0.3) is 0 Å². The van der Waals surface area contributed by atoms with Crippen LogP contribution in [0.15, 0.2) is 0 Å². The lowest BCUT2D eigenvalue weighted by Gasteiger charge is -2.22. The predicted molar refractivity (Wildman–Crippen MR) is 54.4 cm³/mol. The summed E-state index contributed by atoms with van der Waals surface area (Å²) in [4.78, 5) is 13.3. The van der Waals surface area contributed by atoms with Crippen LogP contribution in [0.1, 0.15) is 20.3 Å². The lowest BCUT2D eigenvalue weighted by atomic mass is 10.2. The van der Waals surface area contributed by atoms with Crippen molar-refractivity contribution >= 4 is 5.91 Å². The number of nitrogens with one attached hydrogen (secondary N) is 1. The van der Waals surface area contributed by atoms with Gasteiger partial charge in [-0.2, -0.15) is 0 Å². The molecule has 13 heavy (non-hydrogen) atoms. The van der Waals surface area contributed by atoms with Gasteiger partial charge in [-0.3, -0.25) is 9.69 Å². The quantitative estimate of drug-likeness (QED) is 0.605. The molecule has 0 rings (SSSR count). The highest BCUT2D eigenvalue weighted by atomic mass is 16.2. The van der Waals surface area contributed by atoms with Gasteiger partial charge < -0.3 is 11.1 Å². The maximum Gasteiger partial charge on any atom is 0.234 e. The first-order chi connectivity index (χ1) is 6.11. The summed E-state index contributed by atoms with van der Waals surface area (Å²) in [7, 11) is 1.95. The normalized spacial score (nSPS) is 13.0. The molecule has 0 saturated carbocycles. The van der Waals surface area contributed by atoms with Gasteiger partial charge in [0.1, 0.15) is 0 Å². The van der Waals surface area contributed by atoms with Crippen molar-refractivity contribution in [2.45, 2.75) is 26.3 Å². The summed E-state index contributed by atoms with van der Waals surface area (Å²) >= 11 is 0. The van der Waals surface area contributed by atoms with Crippen molar-refractivity contribution in [3.63, 3.8) is 0 Å². The van der Waals surface area contributed by atoms with Crippen LogP contribution in [0.25, 0.3) is 0 Å². The van der Waals surface area contributed by atoms with E-state index >= 15 is 0 Å². The number of nitrogens with two attached hydrogens (primary N) is 1. The van der Waals surface area contributed by atoms with Gasteiger partial charge in [-0.25, -0.2) is 0 Å². The van der Waals surface area contributed by atoms with Crippen molar-refractivity contribution in [1.29, 1.82) is 0 Å². The smallest absolute Gasteiger partial charge is 0.234 e. The Labute approximate surface area is 80.5 Å². The number of hydrogen-bond donors (Lipinski definition) is 2. The molecule has 0 saturated heterocycles. The summed E-state index contributed by atoms with van der Waals surface area (Å²) in [5.74, 6) is 0.0493. The Balaban J connectivity index is 3.64. The first kappa shape index (κ1) is 12.4. The maximum absolute atomic E-state index is 11.2. The molecular formula is C9H21N3O. The molecule has 1 atom stereocenters. The summed E-state index contributed by atoms with van der Waals surface area (Å²) in [6.07, 6.45) is 1.06. The highest BCUT2D eigenvalue weighted by molar-refractivity contribution is 5.77. The summed E-state index contributed by atoms with van der Waals surface area (Å²) < 4.78 is 0. The van der Waals surface area contributed by atoms with Crippen LogP contribution in [0.3, 0.4) is 0 Å². The van der Waals surface area contributed by atoms with E-state index in [4.69, 9.17) is 5.73 Å². The molecule has 0 aromatic heterocycles. The molecule has 0 aliphatic carbocycles. The Morgan fingerprint density at radius 1 is 1.62 bits per heavy atom. The SMILES string of the molecule is CCC(C)N(C)CC(=O)NCCN. The van der Waals surface area contributed by atoms with Crippen molar-refractivity contribution in [1.82, 2.24) is 10.2 Å². The van der Waals surface area contributed by atoms with E-state index in [2.05, 4.69) is 19.2 Å². The van der Waals surface area contributed by atoms with Crippen LogP contribution in [-0.4, -0.2) is 43.5 Å². The van der Waals surface area contributed by atoms with E-state index in [0.717, 1.165) is 6.42 Å². The Morgan fingerprint density at radius 2 is 2.23 bits per heavy atom. The number of nitrogens with zero attached hydrogens (tertiary/aromatic N) is 1. The van der Waals surface area contributed by atoms with Gasteiger partial charge in [-0.1, -0.05) is 6.92 Å². The monoisotopic (exact) mass is 187 g/mol. The second-order valence-corrected chi connectivity index (χ2v) is 3.31. The number of likely N-dealkylation sites (N-methyl/N-ethyl adjacent to an activating group) is 1. The van der Waals surface area contributed by atoms with Crippen molar-refractivity contribution in [2.24, 2.45) is 5.73 Å². The van der Waals surface area contributed by atoms with Crippen molar-refractivity contribution in [3.05, 3.63) is 0 Å². The third-order valence-corrected chi connectivity index (χ3v) is 2.20. The summed E-state index contributed by atoms with van der Waals surface area (Å²) in [6.45, 7) is 5.73. The van der Waals surface area contributed by atoms with E-state index in [9.17, 15) is 4.79 Å². The molecule has 0 spiro atoms. The summed E-state index contributed by atoms with van der Waals surface area (Å²) in [5, 5.41) is 2.74. The Bertz CT molecular complexity index is 150. The molecule has 0 bridgehead atoms. The largest absolute Gasteiger partial charge is 0.354 e. The van der Waals surface area contributed by atoms with Gasteiger partial charge >= 0.3 is 0 Å². The first-order valence-corrected chi connectivity index (χ1v) is 4.78. The molecule has 1 amide bonds. The van der Waals surface area contributed by atoms with Crippen LogP contribution in [0.2, 0.25) is 0 Å². The second kappa shape index (κ2) is 6.86. The molecule has 0 aliphatic rings. The lowest BCUT2D eigenvalue weighted by molar-refractivity contribution is -0.122. The lowest BCUT2D eigenvalue weighted by Crippen LogP contribution is -2.40. The van der Waals surface area contributed by atoms with Crippen LogP contribution in [0.5, 0.6) is 0 Å². The second-order valence-electron chi connectivity index (χ2n) is 3.31. The molecule has 0 fully saturated rings. The molecular weight excluding hydrogens is 166 g/mol.